The summed E-state index contributed by atoms with van der Waals surface area (Å²) in [6, 6.07) is 2.12. The Balaban J connectivity index is 1.79. The van der Waals surface area contributed by atoms with Gasteiger partial charge in [-0.1, -0.05) is 6.42 Å². The topological polar surface area (TPSA) is 66.3 Å². The van der Waals surface area contributed by atoms with Crippen LogP contribution in [0.3, 0.4) is 0 Å². The molecule has 3 rings (SSSR count). The van der Waals surface area contributed by atoms with Gasteiger partial charge in [-0.3, -0.25) is 4.79 Å². The number of carboxylic acids is 1. The molecule has 2 aliphatic rings. The quantitative estimate of drug-likeness (QED) is 0.820. The number of carboxylic acid groups (broad SMARTS) is 1. The Kier molecular flexibility index (Phi) is 3.36. The van der Waals surface area contributed by atoms with E-state index in [4.69, 9.17) is 5.11 Å². The van der Waals surface area contributed by atoms with Crippen LogP contribution in [0.1, 0.15) is 36.9 Å². The molecule has 0 radical (unpaired) electrons. The average Bonchev–Trinajstić information content (AvgIpc) is 2.78. The van der Waals surface area contributed by atoms with Crippen LogP contribution in [0, 0.1) is 5.92 Å². The summed E-state index contributed by atoms with van der Waals surface area (Å²) in [7, 11) is 0. The number of aromatic nitrogens is 2. The largest absolute Gasteiger partial charge is 0.481 e. The van der Waals surface area contributed by atoms with Gasteiger partial charge in [0.1, 0.15) is 0 Å². The zero-order valence-electron chi connectivity index (χ0n) is 11.0. The number of rotatable bonds is 2. The van der Waals surface area contributed by atoms with Crippen molar-refractivity contribution in [2.45, 2.75) is 38.5 Å². The molecule has 0 amide bonds. The van der Waals surface area contributed by atoms with Gasteiger partial charge in [0.2, 0.25) is 0 Å². The SMILES string of the molecule is O=C(O)C1CCN(c2cc3c(nn2)CCCCC3)C1. The average molecular weight is 261 g/mol. The predicted molar refractivity (Wildman–Crippen MR) is 71.2 cm³/mol. The third-order valence-electron chi connectivity index (χ3n) is 4.17. The fourth-order valence-corrected chi connectivity index (χ4v) is 2.98. The maximum Gasteiger partial charge on any atom is 0.308 e. The van der Waals surface area contributed by atoms with Gasteiger partial charge in [0.25, 0.3) is 0 Å². The van der Waals surface area contributed by atoms with Gasteiger partial charge in [-0.2, -0.15) is 5.10 Å². The first kappa shape index (κ1) is 12.4. The monoisotopic (exact) mass is 261 g/mol. The standard InChI is InChI=1S/C14H19N3O2/c18-14(19)11-6-7-17(9-11)13-8-10-4-2-1-3-5-12(10)15-16-13/h8,11H,1-7,9H2,(H,18,19). The van der Waals surface area contributed by atoms with Crippen LogP contribution in [0.15, 0.2) is 6.07 Å². The van der Waals surface area contributed by atoms with Crippen LogP contribution in [-0.2, 0) is 17.6 Å². The van der Waals surface area contributed by atoms with Gasteiger partial charge in [0.05, 0.1) is 11.6 Å². The van der Waals surface area contributed by atoms with Gasteiger partial charge in [-0.05, 0) is 43.7 Å². The maximum atomic E-state index is 11.0. The summed E-state index contributed by atoms with van der Waals surface area (Å²) in [5.74, 6) is -0.116. The lowest BCUT2D eigenvalue weighted by Gasteiger charge is -2.17. The zero-order valence-corrected chi connectivity index (χ0v) is 11.0. The summed E-state index contributed by atoms with van der Waals surface area (Å²) < 4.78 is 0. The Bertz CT molecular complexity index is 490. The van der Waals surface area contributed by atoms with Gasteiger partial charge >= 0.3 is 5.97 Å². The summed E-state index contributed by atoms with van der Waals surface area (Å²) in [5, 5.41) is 17.7. The molecule has 1 unspecified atom stereocenters. The van der Waals surface area contributed by atoms with E-state index in [1.54, 1.807) is 0 Å². The Labute approximate surface area is 112 Å². The molecule has 102 valence electrons. The molecular weight excluding hydrogens is 242 g/mol. The number of hydrogen-bond donors (Lipinski definition) is 1. The van der Waals surface area contributed by atoms with E-state index in [2.05, 4.69) is 21.2 Å². The normalized spacial score (nSPS) is 22.9. The first-order valence-electron chi connectivity index (χ1n) is 7.07. The number of fused-ring (bicyclic) bond motifs is 1. The van der Waals surface area contributed by atoms with Crippen LogP contribution in [0.4, 0.5) is 5.82 Å². The first-order valence-corrected chi connectivity index (χ1v) is 7.07. The third-order valence-corrected chi connectivity index (χ3v) is 4.17. The lowest BCUT2D eigenvalue weighted by Crippen LogP contribution is -2.24. The van der Waals surface area contributed by atoms with Gasteiger partial charge < -0.3 is 10.0 Å². The third kappa shape index (κ3) is 2.55. The molecule has 2 heterocycles. The fourth-order valence-electron chi connectivity index (χ4n) is 2.98. The second kappa shape index (κ2) is 5.15. The molecule has 1 aliphatic heterocycles. The van der Waals surface area contributed by atoms with Gasteiger partial charge in [-0.25, -0.2) is 0 Å². The van der Waals surface area contributed by atoms with Crippen molar-refractivity contribution >= 4 is 11.8 Å². The van der Waals surface area contributed by atoms with Crippen molar-refractivity contribution in [1.82, 2.24) is 10.2 Å². The van der Waals surface area contributed by atoms with Crippen molar-refractivity contribution in [2.75, 3.05) is 18.0 Å². The number of carbonyl (C=O) groups is 1. The van der Waals surface area contributed by atoms with Gasteiger partial charge in [-0.15, -0.1) is 5.10 Å². The summed E-state index contributed by atoms with van der Waals surface area (Å²) in [6.07, 6.45) is 6.49. The summed E-state index contributed by atoms with van der Waals surface area (Å²) in [4.78, 5) is 13.0. The molecule has 0 bridgehead atoms. The second-order valence-electron chi connectivity index (χ2n) is 5.50. The van der Waals surface area contributed by atoms with Crippen LogP contribution < -0.4 is 4.90 Å². The van der Waals surface area contributed by atoms with Crippen molar-refractivity contribution in [3.05, 3.63) is 17.3 Å². The molecule has 1 aromatic rings. The number of aryl methyl sites for hydroxylation is 2. The minimum absolute atomic E-state index is 0.263. The molecule has 1 saturated heterocycles. The van der Waals surface area contributed by atoms with Crippen molar-refractivity contribution in [3.63, 3.8) is 0 Å². The molecule has 0 saturated carbocycles. The van der Waals surface area contributed by atoms with E-state index in [-0.39, 0.29) is 5.92 Å². The molecule has 1 aliphatic carbocycles. The van der Waals surface area contributed by atoms with Crippen LogP contribution in [0.2, 0.25) is 0 Å². The molecule has 1 aromatic heterocycles. The Morgan fingerprint density at radius 2 is 2.11 bits per heavy atom. The predicted octanol–water partition coefficient (Wildman–Crippen LogP) is 1.66. The Morgan fingerprint density at radius 3 is 2.89 bits per heavy atom. The lowest BCUT2D eigenvalue weighted by atomic mass is 10.1. The number of anilines is 1. The molecule has 1 N–H and O–H groups in total. The smallest absolute Gasteiger partial charge is 0.308 e. The molecule has 5 heteroatoms. The van der Waals surface area contributed by atoms with E-state index in [0.29, 0.717) is 13.0 Å². The van der Waals surface area contributed by atoms with E-state index in [9.17, 15) is 4.79 Å². The number of nitrogens with zero attached hydrogens (tertiary/aromatic N) is 3. The van der Waals surface area contributed by atoms with E-state index in [0.717, 1.165) is 30.9 Å². The highest BCUT2D eigenvalue weighted by Gasteiger charge is 2.29. The minimum Gasteiger partial charge on any atom is -0.481 e. The van der Waals surface area contributed by atoms with Crippen LogP contribution in [0.25, 0.3) is 0 Å². The van der Waals surface area contributed by atoms with E-state index >= 15 is 0 Å². The fraction of sp³-hybridized carbons (Fsp3) is 0.643. The first-order chi connectivity index (χ1) is 9.24. The molecule has 1 atom stereocenters. The highest BCUT2D eigenvalue weighted by atomic mass is 16.4. The summed E-state index contributed by atoms with van der Waals surface area (Å²) in [6.45, 7) is 1.33. The molecular formula is C14H19N3O2. The minimum atomic E-state index is -0.704. The summed E-state index contributed by atoms with van der Waals surface area (Å²) in [5.41, 5.74) is 2.44. The molecule has 19 heavy (non-hydrogen) atoms. The van der Waals surface area contributed by atoms with Crippen molar-refractivity contribution < 1.29 is 9.90 Å². The maximum absolute atomic E-state index is 11.0. The second-order valence-corrected chi connectivity index (χ2v) is 5.50. The molecule has 0 spiro atoms. The van der Waals surface area contributed by atoms with E-state index < -0.39 is 5.97 Å². The Morgan fingerprint density at radius 1 is 1.26 bits per heavy atom. The highest BCUT2D eigenvalue weighted by molar-refractivity contribution is 5.71. The lowest BCUT2D eigenvalue weighted by molar-refractivity contribution is -0.140. The van der Waals surface area contributed by atoms with Gasteiger partial charge in [0.15, 0.2) is 5.82 Å². The number of hydrogen-bond acceptors (Lipinski definition) is 4. The molecule has 0 aromatic carbocycles. The summed E-state index contributed by atoms with van der Waals surface area (Å²) >= 11 is 0. The van der Waals surface area contributed by atoms with Crippen LogP contribution >= 0.6 is 0 Å². The van der Waals surface area contributed by atoms with Crippen LogP contribution in [-0.4, -0.2) is 34.4 Å². The van der Waals surface area contributed by atoms with E-state index in [1.165, 1.54) is 24.8 Å². The molecule has 5 nitrogen and oxygen atoms in total. The number of aliphatic carboxylic acids is 1. The zero-order chi connectivity index (χ0) is 13.2. The van der Waals surface area contributed by atoms with E-state index in [1.807, 2.05) is 0 Å². The highest BCUT2D eigenvalue weighted by Crippen LogP contribution is 2.25. The molecule has 1 fully saturated rings. The van der Waals surface area contributed by atoms with Crippen molar-refractivity contribution in [1.29, 1.82) is 0 Å². The van der Waals surface area contributed by atoms with Gasteiger partial charge in [0, 0.05) is 13.1 Å². The Hall–Kier alpha value is -1.65. The van der Waals surface area contributed by atoms with Crippen molar-refractivity contribution in [2.24, 2.45) is 5.92 Å². The van der Waals surface area contributed by atoms with Crippen molar-refractivity contribution in [3.8, 4) is 0 Å². The van der Waals surface area contributed by atoms with Crippen LogP contribution in [0.5, 0.6) is 0 Å².